The number of nitrogens with one attached hydrogen (secondary N) is 1. The molecule has 2 amide bonds. The Kier molecular flexibility index (Phi) is 4.44. The predicted molar refractivity (Wildman–Crippen MR) is 101 cm³/mol. The van der Waals surface area contributed by atoms with E-state index < -0.39 is 11.8 Å². The number of aromatic nitrogens is 3. The number of carbonyl (C=O) groups excluding carboxylic acids is 2. The Morgan fingerprint density at radius 3 is 2.63 bits per heavy atom. The number of nitrogens with two attached hydrogens (primary N) is 2. The molecule has 27 heavy (non-hydrogen) atoms. The van der Waals surface area contributed by atoms with E-state index in [-0.39, 0.29) is 34.0 Å². The first-order valence-corrected chi connectivity index (χ1v) is 8.32. The van der Waals surface area contributed by atoms with Crippen LogP contribution in [0.3, 0.4) is 0 Å². The Bertz CT molecular complexity index is 1090. The first kappa shape index (κ1) is 18.2. The molecule has 0 saturated heterocycles. The number of anilines is 1. The van der Waals surface area contributed by atoms with Gasteiger partial charge in [-0.3, -0.25) is 14.2 Å². The van der Waals surface area contributed by atoms with E-state index >= 15 is 0 Å². The number of hydrogen-bond acceptors (Lipinski definition) is 6. The van der Waals surface area contributed by atoms with Crippen LogP contribution in [-0.4, -0.2) is 38.0 Å². The lowest BCUT2D eigenvalue weighted by atomic mass is 10.1. The lowest BCUT2D eigenvalue weighted by Gasteiger charge is -2.15. The van der Waals surface area contributed by atoms with E-state index in [2.05, 4.69) is 15.3 Å². The molecule has 2 aromatic heterocycles. The number of aromatic hydroxyl groups is 1. The number of fused-ring (bicyclic) bond motifs is 1. The third-order valence-corrected chi connectivity index (χ3v) is 4.34. The van der Waals surface area contributed by atoms with E-state index in [1.165, 1.54) is 10.8 Å². The monoisotopic (exact) mass is 368 g/mol. The van der Waals surface area contributed by atoms with Gasteiger partial charge in [-0.05, 0) is 32.4 Å². The third-order valence-electron chi connectivity index (χ3n) is 4.34. The molecule has 3 rings (SSSR count). The molecule has 0 spiro atoms. The second kappa shape index (κ2) is 6.60. The van der Waals surface area contributed by atoms with Gasteiger partial charge in [-0.15, -0.1) is 0 Å². The Morgan fingerprint density at radius 2 is 2.00 bits per heavy atom. The van der Waals surface area contributed by atoms with Crippen molar-refractivity contribution in [2.24, 2.45) is 5.73 Å². The van der Waals surface area contributed by atoms with E-state index in [1.54, 1.807) is 26.0 Å². The number of nitrogens with zero attached hydrogens (tertiary/aromatic N) is 3. The minimum atomic E-state index is -0.783. The molecule has 0 radical (unpaired) electrons. The van der Waals surface area contributed by atoms with E-state index in [4.69, 9.17) is 11.5 Å². The summed E-state index contributed by atoms with van der Waals surface area (Å²) in [6.45, 7) is 5.77. The highest BCUT2D eigenvalue weighted by atomic mass is 16.3. The number of rotatable bonds is 4. The Morgan fingerprint density at radius 1 is 1.30 bits per heavy atom. The number of nitrogen functional groups attached to an aromatic ring is 1. The minimum Gasteiger partial charge on any atom is -0.508 e. The zero-order valence-electron chi connectivity index (χ0n) is 15.2. The van der Waals surface area contributed by atoms with Crippen LogP contribution >= 0.6 is 0 Å². The summed E-state index contributed by atoms with van der Waals surface area (Å²) in [5.74, 6) is -1.08. The Balaban J connectivity index is 2.39. The lowest BCUT2D eigenvalue weighted by Crippen LogP contribution is -2.24. The molecule has 0 aliphatic carbocycles. The molecule has 0 fully saturated rings. The molecule has 9 heteroatoms. The highest BCUT2D eigenvalue weighted by molar-refractivity contribution is 6.10. The fraction of sp³-hybridized carbons (Fsp3) is 0.222. The molecule has 9 nitrogen and oxygen atoms in total. The molecule has 2 heterocycles. The second-order valence-electron chi connectivity index (χ2n) is 6.12. The molecule has 6 N–H and O–H groups in total. The number of aryl methyl sites for hydroxylation is 1. The van der Waals surface area contributed by atoms with Crippen molar-refractivity contribution >= 4 is 28.8 Å². The van der Waals surface area contributed by atoms with Gasteiger partial charge in [0, 0.05) is 12.1 Å². The number of phenolic OH excluding ortho intramolecular Hbond substituents is 1. The fourth-order valence-electron chi connectivity index (χ4n) is 3.06. The van der Waals surface area contributed by atoms with Crippen molar-refractivity contribution in [3.05, 3.63) is 40.7 Å². The van der Waals surface area contributed by atoms with Crippen molar-refractivity contribution in [3.63, 3.8) is 0 Å². The molecule has 0 aliphatic rings. The topological polar surface area (TPSA) is 149 Å². The smallest absolute Gasteiger partial charge is 0.271 e. The van der Waals surface area contributed by atoms with Gasteiger partial charge in [-0.2, -0.15) is 0 Å². The zero-order chi connectivity index (χ0) is 19.9. The van der Waals surface area contributed by atoms with Gasteiger partial charge in [-0.1, -0.05) is 6.07 Å². The standard InChI is InChI=1S/C18H20N6O3/c1-4-21-18(27)10-7-22-17-13(23-10)12(16(20)26)15(19)24(17)14-8(2)5-6-11(25)9(14)3/h5-7,25H,4,19H2,1-3H3,(H2,20,26)(H,21,27). The van der Waals surface area contributed by atoms with Gasteiger partial charge in [0.05, 0.1) is 11.9 Å². The average molecular weight is 368 g/mol. The number of phenols is 1. The van der Waals surface area contributed by atoms with E-state index in [9.17, 15) is 14.7 Å². The van der Waals surface area contributed by atoms with Crippen LogP contribution in [0.15, 0.2) is 18.3 Å². The molecule has 0 atom stereocenters. The van der Waals surface area contributed by atoms with Crippen LogP contribution in [0.25, 0.3) is 16.9 Å². The van der Waals surface area contributed by atoms with Crippen LogP contribution in [0.2, 0.25) is 0 Å². The van der Waals surface area contributed by atoms with Crippen LogP contribution in [0.5, 0.6) is 5.75 Å². The molecule has 0 aliphatic heterocycles. The minimum absolute atomic E-state index is 0.0224. The first-order valence-electron chi connectivity index (χ1n) is 8.32. The van der Waals surface area contributed by atoms with Crippen LogP contribution in [0, 0.1) is 13.8 Å². The molecule has 3 aromatic rings. The summed E-state index contributed by atoms with van der Waals surface area (Å²) in [5.41, 5.74) is 14.1. The van der Waals surface area contributed by atoms with Gasteiger partial charge in [0.15, 0.2) is 5.65 Å². The normalized spacial score (nSPS) is 10.9. The van der Waals surface area contributed by atoms with E-state index in [0.717, 1.165) is 5.56 Å². The predicted octanol–water partition coefficient (Wildman–Crippen LogP) is 1.17. The van der Waals surface area contributed by atoms with Gasteiger partial charge < -0.3 is 21.9 Å². The molecule has 140 valence electrons. The number of amides is 2. The highest BCUT2D eigenvalue weighted by Crippen LogP contribution is 2.34. The summed E-state index contributed by atoms with van der Waals surface area (Å²) in [4.78, 5) is 32.7. The quantitative estimate of drug-likeness (QED) is 0.543. The molecule has 0 unspecified atom stereocenters. The summed E-state index contributed by atoms with van der Waals surface area (Å²) in [7, 11) is 0. The number of primary amides is 1. The van der Waals surface area contributed by atoms with Crippen LogP contribution < -0.4 is 16.8 Å². The van der Waals surface area contributed by atoms with Gasteiger partial charge >= 0.3 is 0 Å². The fourth-order valence-corrected chi connectivity index (χ4v) is 3.06. The van der Waals surface area contributed by atoms with Crippen molar-refractivity contribution in [1.82, 2.24) is 19.9 Å². The second-order valence-corrected chi connectivity index (χ2v) is 6.12. The summed E-state index contributed by atoms with van der Waals surface area (Å²) < 4.78 is 1.52. The summed E-state index contributed by atoms with van der Waals surface area (Å²) in [6.07, 6.45) is 1.31. The van der Waals surface area contributed by atoms with Crippen molar-refractivity contribution in [2.45, 2.75) is 20.8 Å². The maximum absolute atomic E-state index is 12.1. The van der Waals surface area contributed by atoms with Crippen molar-refractivity contribution < 1.29 is 14.7 Å². The zero-order valence-corrected chi connectivity index (χ0v) is 15.2. The molecule has 1 aromatic carbocycles. The number of carbonyl (C=O) groups is 2. The average Bonchev–Trinajstić information content (AvgIpc) is 2.90. The van der Waals surface area contributed by atoms with E-state index in [1.807, 2.05) is 6.92 Å². The largest absolute Gasteiger partial charge is 0.508 e. The van der Waals surface area contributed by atoms with Gasteiger partial charge in [0.25, 0.3) is 11.8 Å². The molecule has 0 bridgehead atoms. The maximum atomic E-state index is 12.1. The first-order chi connectivity index (χ1) is 12.8. The summed E-state index contributed by atoms with van der Waals surface area (Å²) in [5, 5.41) is 12.7. The van der Waals surface area contributed by atoms with Gasteiger partial charge in [0.2, 0.25) is 0 Å². The van der Waals surface area contributed by atoms with Crippen LogP contribution in [-0.2, 0) is 0 Å². The molecular weight excluding hydrogens is 348 g/mol. The maximum Gasteiger partial charge on any atom is 0.271 e. The number of benzene rings is 1. The Hall–Kier alpha value is -3.62. The summed E-state index contributed by atoms with van der Waals surface area (Å²) >= 11 is 0. The van der Waals surface area contributed by atoms with Crippen LogP contribution in [0.4, 0.5) is 5.82 Å². The molecule has 0 saturated carbocycles. The SMILES string of the molecule is CCNC(=O)c1cnc2c(n1)c(C(N)=O)c(N)n2-c1c(C)ccc(O)c1C. The van der Waals surface area contributed by atoms with Gasteiger partial charge in [0.1, 0.15) is 28.3 Å². The highest BCUT2D eigenvalue weighted by Gasteiger charge is 2.25. The van der Waals surface area contributed by atoms with Crippen molar-refractivity contribution in [2.75, 3.05) is 12.3 Å². The van der Waals surface area contributed by atoms with E-state index in [0.29, 0.717) is 17.8 Å². The third kappa shape index (κ3) is 2.82. The van der Waals surface area contributed by atoms with Gasteiger partial charge in [-0.25, -0.2) is 9.97 Å². The Labute approximate surface area is 155 Å². The number of hydrogen-bond donors (Lipinski definition) is 4. The summed E-state index contributed by atoms with van der Waals surface area (Å²) in [6, 6.07) is 3.30. The van der Waals surface area contributed by atoms with Crippen molar-refractivity contribution in [3.8, 4) is 11.4 Å². The van der Waals surface area contributed by atoms with Crippen LogP contribution in [0.1, 0.15) is 38.9 Å². The van der Waals surface area contributed by atoms with Crippen molar-refractivity contribution in [1.29, 1.82) is 0 Å². The lowest BCUT2D eigenvalue weighted by molar-refractivity contribution is 0.0948. The molecular formula is C18H20N6O3.